The Morgan fingerprint density at radius 1 is 0.974 bits per heavy atom. The highest BCUT2D eigenvalue weighted by Crippen LogP contribution is 2.29. The maximum absolute atomic E-state index is 14.6. The molecule has 3 aromatic carbocycles. The summed E-state index contributed by atoms with van der Waals surface area (Å²) in [7, 11) is 1.41. The number of hydrogen-bond donors (Lipinski definition) is 0. The predicted molar refractivity (Wildman–Crippen MR) is 136 cm³/mol. The Kier molecular flexibility index (Phi) is 10.3. The number of nitrogens with zero attached hydrogens (tertiary/aromatic N) is 1. The van der Waals surface area contributed by atoms with Gasteiger partial charge in [0.1, 0.15) is 5.82 Å². The van der Waals surface area contributed by atoms with Crippen LogP contribution in [0.4, 0.5) is 4.39 Å². The van der Waals surface area contributed by atoms with Crippen LogP contribution in [0.2, 0.25) is 0 Å². The summed E-state index contributed by atoms with van der Waals surface area (Å²) in [4.78, 5) is 38.6. The standard InChI is InChI=1S/C28H26FNO8/c1-35-26-18-20(11-14-27(31)36-15-5-6-16-37-30(33)34)10-13-25(26)38-28(32)19-21-9-12-23(24(29)17-21)22-7-3-2-4-8-22/h2-4,7-14,17-18H,5-6,15-16,19H2,1H3. The van der Waals surface area contributed by atoms with Crippen molar-refractivity contribution in [3.8, 4) is 22.6 Å². The van der Waals surface area contributed by atoms with Crippen molar-refractivity contribution in [2.45, 2.75) is 19.3 Å². The van der Waals surface area contributed by atoms with Gasteiger partial charge < -0.3 is 19.0 Å². The molecular weight excluding hydrogens is 497 g/mol. The second-order valence-corrected chi connectivity index (χ2v) is 8.01. The summed E-state index contributed by atoms with van der Waals surface area (Å²) < 4.78 is 30.4. The maximum atomic E-state index is 14.6. The number of ether oxygens (including phenoxy) is 3. The molecule has 0 radical (unpaired) electrons. The van der Waals surface area contributed by atoms with E-state index in [1.165, 1.54) is 31.4 Å². The molecule has 0 fully saturated rings. The molecule has 3 aromatic rings. The summed E-state index contributed by atoms with van der Waals surface area (Å²) in [6, 6.07) is 18.5. The molecule has 0 saturated heterocycles. The summed E-state index contributed by atoms with van der Waals surface area (Å²) in [5.74, 6) is -1.16. The van der Waals surface area contributed by atoms with Crippen molar-refractivity contribution in [2.24, 2.45) is 0 Å². The molecule has 0 aromatic heterocycles. The van der Waals surface area contributed by atoms with Crippen molar-refractivity contribution >= 4 is 18.0 Å². The molecular formula is C28H26FNO8. The lowest BCUT2D eigenvalue weighted by atomic mass is 10.0. The van der Waals surface area contributed by atoms with Gasteiger partial charge in [0.05, 0.1) is 26.7 Å². The summed E-state index contributed by atoms with van der Waals surface area (Å²) >= 11 is 0. The molecule has 0 aliphatic rings. The van der Waals surface area contributed by atoms with Gasteiger partial charge in [0.25, 0.3) is 5.09 Å². The number of hydrogen-bond acceptors (Lipinski definition) is 8. The maximum Gasteiger partial charge on any atom is 0.330 e. The largest absolute Gasteiger partial charge is 0.493 e. The van der Waals surface area contributed by atoms with Crippen LogP contribution in [0, 0.1) is 15.9 Å². The number of unbranched alkanes of at least 4 members (excludes halogenated alkanes) is 1. The van der Waals surface area contributed by atoms with E-state index in [-0.39, 0.29) is 31.1 Å². The van der Waals surface area contributed by atoms with Gasteiger partial charge >= 0.3 is 11.9 Å². The van der Waals surface area contributed by atoms with Crippen molar-refractivity contribution < 1.29 is 38.1 Å². The Morgan fingerprint density at radius 2 is 1.74 bits per heavy atom. The van der Waals surface area contributed by atoms with Crippen LogP contribution < -0.4 is 9.47 Å². The molecule has 0 heterocycles. The highest BCUT2D eigenvalue weighted by atomic mass is 19.1. The van der Waals surface area contributed by atoms with Crippen LogP contribution in [0.5, 0.6) is 11.5 Å². The number of methoxy groups -OCH3 is 1. The van der Waals surface area contributed by atoms with E-state index in [0.29, 0.717) is 29.5 Å². The van der Waals surface area contributed by atoms with E-state index < -0.39 is 22.8 Å². The third kappa shape index (κ3) is 8.74. The quantitative estimate of drug-likeness (QED) is 0.0751. The van der Waals surface area contributed by atoms with E-state index in [0.717, 1.165) is 5.56 Å². The van der Waals surface area contributed by atoms with Gasteiger partial charge in [-0.1, -0.05) is 48.5 Å². The lowest BCUT2D eigenvalue weighted by molar-refractivity contribution is -0.757. The van der Waals surface area contributed by atoms with Crippen molar-refractivity contribution in [1.82, 2.24) is 0 Å². The Labute approximate surface area is 218 Å². The summed E-state index contributed by atoms with van der Waals surface area (Å²) in [6.45, 7) is 0.0376. The van der Waals surface area contributed by atoms with Gasteiger partial charge in [0.2, 0.25) is 0 Å². The van der Waals surface area contributed by atoms with Gasteiger partial charge in [0.15, 0.2) is 11.5 Å². The van der Waals surface area contributed by atoms with Gasteiger partial charge in [-0.15, -0.1) is 10.1 Å². The van der Waals surface area contributed by atoms with Crippen LogP contribution in [0.15, 0.2) is 72.8 Å². The number of rotatable bonds is 13. The monoisotopic (exact) mass is 523 g/mol. The van der Waals surface area contributed by atoms with Crippen LogP contribution >= 0.6 is 0 Å². The Hall–Kier alpha value is -4.73. The lowest BCUT2D eigenvalue weighted by Gasteiger charge is -2.11. The smallest absolute Gasteiger partial charge is 0.330 e. The molecule has 0 N–H and O–H groups in total. The van der Waals surface area contributed by atoms with E-state index in [2.05, 4.69) is 4.84 Å². The number of carbonyl (C=O) groups excluding carboxylic acids is 2. The van der Waals surface area contributed by atoms with Crippen molar-refractivity contribution in [3.05, 3.63) is 99.9 Å². The molecule has 0 spiro atoms. The van der Waals surface area contributed by atoms with Crippen LogP contribution in [0.25, 0.3) is 17.2 Å². The zero-order valence-corrected chi connectivity index (χ0v) is 20.6. The average molecular weight is 524 g/mol. The fourth-order valence-corrected chi connectivity index (χ4v) is 3.45. The second kappa shape index (κ2) is 14.1. The zero-order valence-electron chi connectivity index (χ0n) is 20.6. The number of halogens is 1. The molecule has 0 aliphatic heterocycles. The van der Waals surface area contributed by atoms with Crippen molar-refractivity contribution in [1.29, 1.82) is 0 Å². The molecule has 38 heavy (non-hydrogen) atoms. The molecule has 9 nitrogen and oxygen atoms in total. The van der Waals surface area contributed by atoms with Crippen molar-refractivity contribution in [2.75, 3.05) is 20.3 Å². The predicted octanol–water partition coefficient (Wildman–Crippen LogP) is 5.19. The number of esters is 2. The van der Waals surface area contributed by atoms with Crippen molar-refractivity contribution in [3.63, 3.8) is 0 Å². The molecule has 0 amide bonds. The molecule has 0 saturated carbocycles. The molecule has 0 unspecified atom stereocenters. The summed E-state index contributed by atoms with van der Waals surface area (Å²) in [5.41, 5.74) is 2.25. The average Bonchev–Trinajstić information content (AvgIpc) is 2.90. The third-order valence-corrected chi connectivity index (χ3v) is 5.27. The fourth-order valence-electron chi connectivity index (χ4n) is 3.45. The van der Waals surface area contributed by atoms with Crippen LogP contribution in [-0.2, 0) is 25.6 Å². The number of carbonyl (C=O) groups is 2. The van der Waals surface area contributed by atoms with E-state index >= 15 is 0 Å². The van der Waals surface area contributed by atoms with E-state index in [1.807, 2.05) is 18.2 Å². The van der Waals surface area contributed by atoms with Gasteiger partial charge in [-0.2, -0.15) is 0 Å². The van der Waals surface area contributed by atoms with Gasteiger partial charge in [-0.25, -0.2) is 9.18 Å². The SMILES string of the molecule is COc1cc(C=CC(=O)OCCCCO[N+](=O)[O-])ccc1OC(=O)Cc1ccc(-c2ccccc2)c(F)c1. The van der Waals surface area contributed by atoms with Crippen LogP contribution in [0.1, 0.15) is 24.0 Å². The van der Waals surface area contributed by atoms with Crippen LogP contribution in [0.3, 0.4) is 0 Å². The van der Waals surface area contributed by atoms with E-state index in [4.69, 9.17) is 14.2 Å². The Bertz CT molecular complexity index is 1290. The lowest BCUT2D eigenvalue weighted by Crippen LogP contribution is -2.12. The second-order valence-electron chi connectivity index (χ2n) is 8.01. The van der Waals surface area contributed by atoms with E-state index in [1.54, 1.807) is 36.4 Å². The first kappa shape index (κ1) is 27.9. The normalized spacial score (nSPS) is 10.7. The molecule has 0 atom stereocenters. The molecule has 198 valence electrons. The first-order valence-corrected chi connectivity index (χ1v) is 11.7. The molecule has 3 rings (SSSR count). The molecule has 0 aliphatic carbocycles. The third-order valence-electron chi connectivity index (χ3n) is 5.27. The molecule has 0 bridgehead atoms. The summed E-state index contributed by atoms with van der Waals surface area (Å²) in [5, 5.41) is 9.19. The minimum absolute atomic E-state index is 0.0610. The first-order valence-electron chi connectivity index (χ1n) is 11.7. The fraction of sp³-hybridized carbons (Fsp3) is 0.214. The van der Waals surface area contributed by atoms with Gasteiger partial charge in [-0.3, -0.25) is 4.79 Å². The van der Waals surface area contributed by atoms with Crippen LogP contribution in [-0.4, -0.2) is 37.3 Å². The summed E-state index contributed by atoms with van der Waals surface area (Å²) in [6.07, 6.45) is 3.39. The van der Waals surface area contributed by atoms with Gasteiger partial charge in [0, 0.05) is 11.6 Å². The molecule has 10 heteroatoms. The minimum Gasteiger partial charge on any atom is -0.493 e. The van der Waals surface area contributed by atoms with Gasteiger partial charge in [-0.05, 0) is 53.8 Å². The zero-order chi connectivity index (χ0) is 27.3. The first-order chi connectivity index (χ1) is 18.4. The van der Waals surface area contributed by atoms with E-state index in [9.17, 15) is 24.1 Å². The highest BCUT2D eigenvalue weighted by Gasteiger charge is 2.13. The minimum atomic E-state index is -0.874. The highest BCUT2D eigenvalue weighted by molar-refractivity contribution is 5.87. The number of benzene rings is 3. The Balaban J connectivity index is 1.53. The topological polar surface area (TPSA) is 114 Å². The Morgan fingerprint density at radius 3 is 2.45 bits per heavy atom.